The van der Waals surface area contributed by atoms with Crippen LogP contribution in [0.5, 0.6) is 17.2 Å². The molecule has 0 saturated carbocycles. The molecule has 0 aromatic heterocycles. The number of hydrogen-bond acceptors (Lipinski definition) is 6. The number of carbonyl (C=O) groups is 2. The van der Waals surface area contributed by atoms with Crippen molar-refractivity contribution in [1.29, 1.82) is 0 Å². The van der Waals surface area contributed by atoms with Gasteiger partial charge >= 0.3 is 0 Å². The van der Waals surface area contributed by atoms with Crippen molar-refractivity contribution in [3.63, 3.8) is 0 Å². The van der Waals surface area contributed by atoms with Gasteiger partial charge in [0.1, 0.15) is 28.0 Å². The quantitative estimate of drug-likeness (QED) is 0.726. The number of fused-ring (bicyclic) bond motifs is 1. The smallest absolute Gasteiger partial charge is 0.215 e. The average Bonchev–Trinajstić information content (AvgIpc) is 2.62. The molecule has 2 aromatic carbocycles. The van der Waals surface area contributed by atoms with Gasteiger partial charge in [0, 0.05) is 6.54 Å². The average molecular weight is 360 g/mol. The van der Waals surface area contributed by atoms with Crippen LogP contribution in [0.4, 0.5) is 0 Å². The Labute approximate surface area is 148 Å². The third-order valence-electron chi connectivity index (χ3n) is 3.89. The summed E-state index contributed by atoms with van der Waals surface area (Å²) < 4.78 is 5.07. The number of phenols is 2. The highest BCUT2D eigenvalue weighted by Crippen LogP contribution is 2.37. The molecule has 25 heavy (non-hydrogen) atoms. The molecule has 0 spiro atoms. The largest absolute Gasteiger partial charge is 0.507 e. The summed E-state index contributed by atoms with van der Waals surface area (Å²) in [5.74, 6) is -1.47. The molecule has 0 radical (unpaired) electrons. The van der Waals surface area contributed by atoms with Crippen molar-refractivity contribution < 1.29 is 24.5 Å². The number of halogens is 1. The summed E-state index contributed by atoms with van der Waals surface area (Å²) in [5, 5.41) is 22.3. The molecular weight excluding hydrogens is 346 g/mol. The lowest BCUT2D eigenvalue weighted by Crippen LogP contribution is -2.29. The van der Waals surface area contributed by atoms with E-state index in [0.717, 1.165) is 17.7 Å². The Hall–Kier alpha value is -2.99. The first-order chi connectivity index (χ1) is 11.9. The first-order valence-corrected chi connectivity index (χ1v) is 7.72. The van der Waals surface area contributed by atoms with Crippen LogP contribution in [0.2, 0.25) is 0 Å². The summed E-state index contributed by atoms with van der Waals surface area (Å²) in [5.41, 5.74) is 0.177. The van der Waals surface area contributed by atoms with Crippen molar-refractivity contribution in [3.05, 3.63) is 63.8 Å². The molecule has 2 aromatic rings. The molecule has 0 unspecified atom stereocenters. The van der Waals surface area contributed by atoms with E-state index in [1.807, 2.05) is 0 Å². The molecule has 128 valence electrons. The lowest BCUT2D eigenvalue weighted by atomic mass is 9.90. The first-order valence-electron chi connectivity index (χ1n) is 7.35. The summed E-state index contributed by atoms with van der Waals surface area (Å²) in [7, 11) is 1.56. The maximum Gasteiger partial charge on any atom is 0.215 e. The molecule has 0 bridgehead atoms. The molecular formula is C18H14ClNO5. The summed E-state index contributed by atoms with van der Waals surface area (Å²) in [4.78, 5) is 25.0. The van der Waals surface area contributed by atoms with Gasteiger partial charge in [-0.3, -0.25) is 9.59 Å². The molecule has 6 nitrogen and oxygen atoms in total. The van der Waals surface area contributed by atoms with Crippen LogP contribution in [0.15, 0.2) is 47.1 Å². The number of carbonyl (C=O) groups excluding carboxylic acids is 2. The Morgan fingerprint density at radius 3 is 2.08 bits per heavy atom. The van der Waals surface area contributed by atoms with Gasteiger partial charge in [0.25, 0.3) is 0 Å². The summed E-state index contributed by atoms with van der Waals surface area (Å²) in [6.07, 6.45) is 0. The zero-order chi connectivity index (χ0) is 18.1. The predicted octanol–water partition coefficient (Wildman–Crippen LogP) is 2.73. The minimum Gasteiger partial charge on any atom is -0.507 e. The maximum atomic E-state index is 12.6. The molecule has 7 heteroatoms. The van der Waals surface area contributed by atoms with Crippen LogP contribution in [-0.4, -0.2) is 28.9 Å². The van der Waals surface area contributed by atoms with E-state index in [4.69, 9.17) is 16.3 Å². The highest BCUT2D eigenvalue weighted by molar-refractivity contribution is 6.50. The number of benzene rings is 2. The van der Waals surface area contributed by atoms with Gasteiger partial charge in [-0.15, -0.1) is 0 Å². The Bertz CT molecular complexity index is 902. The second kappa shape index (κ2) is 6.49. The lowest BCUT2D eigenvalue weighted by molar-refractivity contribution is 0.0969. The molecule has 0 amide bonds. The van der Waals surface area contributed by atoms with E-state index in [0.29, 0.717) is 5.75 Å². The number of ether oxygens (including phenoxy) is 1. The first kappa shape index (κ1) is 16.9. The number of phenolic OH excluding ortho intramolecular Hbond substituents is 2. The van der Waals surface area contributed by atoms with E-state index >= 15 is 0 Å². The molecule has 3 N–H and O–H groups in total. The van der Waals surface area contributed by atoms with Gasteiger partial charge in [0.15, 0.2) is 0 Å². The van der Waals surface area contributed by atoms with E-state index in [2.05, 4.69) is 5.32 Å². The number of nitrogens with one attached hydrogen (secondary N) is 1. The van der Waals surface area contributed by atoms with Gasteiger partial charge in [-0.25, -0.2) is 0 Å². The van der Waals surface area contributed by atoms with Gasteiger partial charge in [0.2, 0.25) is 11.6 Å². The van der Waals surface area contributed by atoms with E-state index < -0.39 is 17.3 Å². The number of ketones is 2. The normalized spacial score (nSPS) is 13.7. The number of methoxy groups -OCH3 is 1. The summed E-state index contributed by atoms with van der Waals surface area (Å²) in [6.45, 7) is 0.240. The van der Waals surface area contributed by atoms with E-state index in [1.54, 1.807) is 31.4 Å². The third-order valence-corrected chi connectivity index (χ3v) is 4.25. The van der Waals surface area contributed by atoms with E-state index in [9.17, 15) is 19.8 Å². The number of Topliss-reactive ketones (excluding diaryl/α,β-unsaturated/α-hetero) is 2. The number of allylic oxidation sites excluding steroid dienone is 2. The Kier molecular flexibility index (Phi) is 4.37. The van der Waals surface area contributed by atoms with Crippen LogP contribution in [0.25, 0.3) is 0 Å². The molecule has 0 fully saturated rings. The maximum absolute atomic E-state index is 12.6. The standard InChI is InChI=1S/C18H14ClNO5/c1-25-10-4-2-9(3-5-10)8-20-16-15(19)17(23)13-11(21)6-7-12(22)14(13)18(16)24/h2-7,20-22H,8H2,1H3. The van der Waals surface area contributed by atoms with Crippen LogP contribution >= 0.6 is 11.6 Å². The number of hydrogen-bond donors (Lipinski definition) is 3. The second-order valence-electron chi connectivity index (χ2n) is 5.40. The fraction of sp³-hybridized carbons (Fsp3) is 0.111. The Morgan fingerprint density at radius 2 is 1.52 bits per heavy atom. The van der Waals surface area contributed by atoms with Gasteiger partial charge in [-0.2, -0.15) is 0 Å². The Morgan fingerprint density at radius 1 is 0.960 bits per heavy atom. The Balaban J connectivity index is 1.91. The van der Waals surface area contributed by atoms with E-state index in [-0.39, 0.29) is 34.2 Å². The topological polar surface area (TPSA) is 95.9 Å². The lowest BCUT2D eigenvalue weighted by Gasteiger charge is -2.20. The van der Waals surface area contributed by atoms with Crippen molar-refractivity contribution in [2.24, 2.45) is 0 Å². The summed E-state index contributed by atoms with van der Waals surface area (Å²) >= 11 is 6.03. The van der Waals surface area contributed by atoms with E-state index in [1.165, 1.54) is 0 Å². The second-order valence-corrected chi connectivity index (χ2v) is 5.78. The van der Waals surface area contributed by atoms with Crippen molar-refractivity contribution in [3.8, 4) is 17.2 Å². The zero-order valence-corrected chi connectivity index (χ0v) is 13.9. The zero-order valence-electron chi connectivity index (χ0n) is 13.2. The van der Waals surface area contributed by atoms with Gasteiger partial charge in [0.05, 0.1) is 18.2 Å². The predicted molar refractivity (Wildman–Crippen MR) is 91.1 cm³/mol. The van der Waals surface area contributed by atoms with Gasteiger partial charge in [-0.1, -0.05) is 23.7 Å². The fourth-order valence-corrected chi connectivity index (χ4v) is 2.83. The van der Waals surface area contributed by atoms with Crippen LogP contribution in [0, 0.1) is 0 Å². The fourth-order valence-electron chi connectivity index (χ4n) is 2.58. The van der Waals surface area contributed by atoms with Crippen LogP contribution in [0.1, 0.15) is 26.3 Å². The van der Waals surface area contributed by atoms with Crippen molar-refractivity contribution in [1.82, 2.24) is 5.32 Å². The minimum absolute atomic E-state index is 0.115. The molecule has 0 saturated heterocycles. The summed E-state index contributed by atoms with van der Waals surface area (Å²) in [6, 6.07) is 9.42. The van der Waals surface area contributed by atoms with Gasteiger partial charge < -0.3 is 20.3 Å². The highest BCUT2D eigenvalue weighted by atomic mass is 35.5. The highest BCUT2D eigenvalue weighted by Gasteiger charge is 2.35. The van der Waals surface area contributed by atoms with Crippen LogP contribution in [0.3, 0.4) is 0 Å². The molecule has 0 atom stereocenters. The monoisotopic (exact) mass is 359 g/mol. The molecule has 1 aliphatic carbocycles. The van der Waals surface area contributed by atoms with Crippen molar-refractivity contribution in [2.75, 3.05) is 7.11 Å². The minimum atomic E-state index is -0.720. The van der Waals surface area contributed by atoms with Gasteiger partial charge in [-0.05, 0) is 29.8 Å². The molecule has 0 aliphatic heterocycles. The molecule has 3 rings (SSSR count). The van der Waals surface area contributed by atoms with Crippen molar-refractivity contribution >= 4 is 23.2 Å². The SMILES string of the molecule is COc1ccc(CNC2=C(Cl)C(=O)c3c(O)ccc(O)c3C2=O)cc1. The third kappa shape index (κ3) is 2.92. The number of aromatic hydroxyl groups is 2. The van der Waals surface area contributed by atoms with Crippen LogP contribution in [-0.2, 0) is 6.54 Å². The van der Waals surface area contributed by atoms with Crippen molar-refractivity contribution in [2.45, 2.75) is 6.54 Å². The molecule has 0 heterocycles. The van der Waals surface area contributed by atoms with Crippen LogP contribution < -0.4 is 10.1 Å². The molecule has 1 aliphatic rings. The number of rotatable bonds is 4.